The molecule has 0 amide bonds. The van der Waals surface area contributed by atoms with Gasteiger partial charge in [0.1, 0.15) is 0 Å². The average molecular weight is 508 g/mol. The Morgan fingerprint density at radius 3 is 2.84 bits per heavy atom. The summed E-state index contributed by atoms with van der Waals surface area (Å²) >= 11 is 0. The highest BCUT2D eigenvalue weighted by atomic mass is 16.5. The second-order valence-electron chi connectivity index (χ2n) is 9.64. The lowest BCUT2D eigenvalue weighted by molar-refractivity contribution is 0.0554. The van der Waals surface area contributed by atoms with Crippen LogP contribution < -0.4 is 10.6 Å². The summed E-state index contributed by atoms with van der Waals surface area (Å²) in [7, 11) is 1.34. The first kappa shape index (κ1) is 23.4. The molecule has 4 aromatic heterocycles. The van der Waals surface area contributed by atoms with E-state index in [1.807, 2.05) is 0 Å². The number of rotatable bonds is 6. The Hall–Kier alpha value is -4.00. The normalized spacial score (nSPS) is 19.5. The number of ether oxygens (including phenoxy) is 1. The van der Waals surface area contributed by atoms with Crippen molar-refractivity contribution in [2.24, 2.45) is 5.92 Å². The van der Waals surface area contributed by atoms with Gasteiger partial charge in [0.05, 0.1) is 19.1 Å². The molecule has 0 aromatic carbocycles. The summed E-state index contributed by atoms with van der Waals surface area (Å²) in [5, 5.41) is 8.47. The second-order valence-corrected chi connectivity index (χ2v) is 9.64. The first-order valence-electron chi connectivity index (χ1n) is 12.5. The number of aromatic nitrogens is 6. The molecule has 0 saturated carbocycles. The molecule has 6 rings (SSSR count). The number of methoxy groups -OCH3 is 1. The molecule has 2 N–H and O–H groups in total. The number of nitrogens with zero attached hydrogens (tertiary/aromatic N) is 8. The number of furan rings is 1. The van der Waals surface area contributed by atoms with Gasteiger partial charge in [0, 0.05) is 31.6 Å². The van der Waals surface area contributed by atoms with Crippen LogP contribution in [0.2, 0.25) is 0 Å². The smallest absolute Gasteiger partial charge is 0.376 e. The van der Waals surface area contributed by atoms with Crippen LogP contribution in [0.15, 0.2) is 33.4 Å². The van der Waals surface area contributed by atoms with Crippen molar-refractivity contribution in [2.45, 2.75) is 31.6 Å². The number of carbonyl (C=O) groups excluding carboxylic acids is 1. The molecule has 37 heavy (non-hydrogen) atoms. The van der Waals surface area contributed by atoms with Crippen LogP contribution in [0.3, 0.4) is 0 Å². The quantitative estimate of drug-likeness (QED) is 0.381. The van der Waals surface area contributed by atoms with E-state index in [2.05, 4.69) is 35.0 Å². The van der Waals surface area contributed by atoms with Gasteiger partial charge in [0.2, 0.25) is 23.5 Å². The van der Waals surface area contributed by atoms with Crippen LogP contribution >= 0.6 is 0 Å². The van der Waals surface area contributed by atoms with Gasteiger partial charge < -0.3 is 29.2 Å². The van der Waals surface area contributed by atoms with Crippen molar-refractivity contribution in [2.75, 3.05) is 50.5 Å². The lowest BCUT2D eigenvalue weighted by Gasteiger charge is -2.38. The fourth-order valence-electron chi connectivity index (χ4n) is 5.30. The molecule has 0 bridgehead atoms. The summed E-state index contributed by atoms with van der Waals surface area (Å²) in [4.78, 5) is 30.0. The van der Waals surface area contributed by atoms with Gasteiger partial charge in [-0.2, -0.15) is 19.5 Å². The molecule has 1 atom stereocenters. The molecule has 6 heterocycles. The maximum Gasteiger partial charge on any atom is 0.376 e. The molecule has 4 aromatic rings. The number of likely N-dealkylation sites (tertiary alicyclic amines) is 1. The third-order valence-corrected chi connectivity index (χ3v) is 7.20. The molecule has 2 fully saturated rings. The highest BCUT2D eigenvalue weighted by Crippen LogP contribution is 2.30. The van der Waals surface area contributed by atoms with E-state index in [-0.39, 0.29) is 11.7 Å². The molecule has 2 saturated heterocycles. The van der Waals surface area contributed by atoms with E-state index in [4.69, 9.17) is 19.4 Å². The molecule has 0 spiro atoms. The Bertz CT molecular complexity index is 1370. The number of anilines is 2. The van der Waals surface area contributed by atoms with Crippen molar-refractivity contribution in [3.05, 3.63) is 35.9 Å². The molecular weight excluding hydrogens is 478 g/mol. The molecular formula is C24H29N9O4. The minimum Gasteiger partial charge on any atom is -0.463 e. The molecule has 194 valence electrons. The van der Waals surface area contributed by atoms with Gasteiger partial charge in [-0.05, 0) is 56.8 Å². The van der Waals surface area contributed by atoms with Crippen LogP contribution in [0.1, 0.15) is 47.8 Å². The van der Waals surface area contributed by atoms with Crippen molar-refractivity contribution < 1.29 is 18.5 Å². The number of carbonyl (C=O) groups is 1. The van der Waals surface area contributed by atoms with Crippen molar-refractivity contribution >= 4 is 23.6 Å². The largest absolute Gasteiger partial charge is 0.463 e. The van der Waals surface area contributed by atoms with Crippen LogP contribution in [-0.4, -0.2) is 80.4 Å². The third-order valence-electron chi connectivity index (χ3n) is 7.20. The first-order valence-corrected chi connectivity index (χ1v) is 12.5. The van der Waals surface area contributed by atoms with Crippen molar-refractivity contribution in [3.63, 3.8) is 0 Å². The molecule has 0 radical (unpaired) electrons. The van der Waals surface area contributed by atoms with Crippen LogP contribution in [-0.2, 0) is 4.74 Å². The van der Waals surface area contributed by atoms with Gasteiger partial charge in [-0.15, -0.1) is 5.10 Å². The maximum absolute atomic E-state index is 11.6. The Morgan fingerprint density at radius 2 is 2.05 bits per heavy atom. The zero-order valence-corrected chi connectivity index (χ0v) is 20.6. The number of esters is 1. The van der Waals surface area contributed by atoms with Gasteiger partial charge in [-0.1, -0.05) is 5.16 Å². The summed E-state index contributed by atoms with van der Waals surface area (Å²) in [6.07, 6.45) is 5.76. The third kappa shape index (κ3) is 4.73. The monoisotopic (exact) mass is 507 g/mol. The Morgan fingerprint density at radius 1 is 1.19 bits per heavy atom. The first-order chi connectivity index (χ1) is 18.1. The van der Waals surface area contributed by atoms with Crippen molar-refractivity contribution in [1.29, 1.82) is 0 Å². The number of nitrogens with two attached hydrogens (primary N) is 1. The molecule has 13 heteroatoms. The lowest BCUT2D eigenvalue weighted by Crippen LogP contribution is -2.43. The number of nitrogen functional groups attached to an aromatic ring is 1. The summed E-state index contributed by atoms with van der Waals surface area (Å²) in [5.74, 6) is 2.67. The van der Waals surface area contributed by atoms with Crippen molar-refractivity contribution in [1.82, 2.24) is 34.6 Å². The van der Waals surface area contributed by atoms with Gasteiger partial charge in [0.15, 0.2) is 5.76 Å². The summed E-state index contributed by atoms with van der Waals surface area (Å²) in [6.45, 7) is 4.71. The number of piperidine rings is 2. The Balaban J connectivity index is 1.08. The second kappa shape index (κ2) is 9.81. The van der Waals surface area contributed by atoms with Crippen molar-refractivity contribution in [3.8, 4) is 11.6 Å². The van der Waals surface area contributed by atoms with E-state index in [0.717, 1.165) is 64.1 Å². The zero-order valence-electron chi connectivity index (χ0n) is 20.6. The van der Waals surface area contributed by atoms with E-state index in [1.165, 1.54) is 11.6 Å². The molecule has 2 aliphatic heterocycles. The zero-order chi connectivity index (χ0) is 25.4. The van der Waals surface area contributed by atoms with E-state index < -0.39 is 5.97 Å². The number of hydrogen-bond acceptors (Lipinski definition) is 12. The summed E-state index contributed by atoms with van der Waals surface area (Å²) in [5.41, 5.74) is 7.04. The minimum absolute atomic E-state index is 0.159. The van der Waals surface area contributed by atoms with E-state index in [0.29, 0.717) is 35.1 Å². The average Bonchev–Trinajstić information content (AvgIpc) is 3.70. The molecule has 0 unspecified atom stereocenters. The Labute approximate surface area is 212 Å². The minimum atomic E-state index is -0.495. The van der Waals surface area contributed by atoms with Crippen LogP contribution in [0.25, 0.3) is 17.4 Å². The predicted molar refractivity (Wildman–Crippen MR) is 132 cm³/mol. The fraction of sp³-hybridized carbons (Fsp3) is 0.500. The molecule has 13 nitrogen and oxygen atoms in total. The predicted octanol–water partition coefficient (Wildman–Crippen LogP) is 2.23. The van der Waals surface area contributed by atoms with Gasteiger partial charge in [-0.25, -0.2) is 4.79 Å². The number of fused-ring (bicyclic) bond motifs is 1. The van der Waals surface area contributed by atoms with Gasteiger partial charge in [-0.3, -0.25) is 0 Å². The fourth-order valence-corrected chi connectivity index (χ4v) is 5.30. The maximum atomic E-state index is 11.6. The van der Waals surface area contributed by atoms with E-state index in [9.17, 15) is 4.79 Å². The standard InChI is InChI=1S/C24H29N9O4/c1-35-21(34)19-12-17(30-37-19)16-6-9-31(10-7-16)13-15-4-2-8-32(14-15)23-27-22(25)33-24(28-23)26-20(29-33)18-5-3-11-36-18/h3,5,11-12,15-16H,2,4,6-10,13-14H2,1H3,(H2,25,26,27,28,29)/t15-/m0/s1. The highest BCUT2D eigenvalue weighted by molar-refractivity contribution is 5.86. The van der Waals surface area contributed by atoms with Gasteiger partial charge in [0.25, 0.3) is 5.78 Å². The van der Waals surface area contributed by atoms with Gasteiger partial charge >= 0.3 is 5.97 Å². The van der Waals surface area contributed by atoms with Crippen LogP contribution in [0, 0.1) is 5.92 Å². The number of hydrogen-bond donors (Lipinski definition) is 1. The summed E-state index contributed by atoms with van der Waals surface area (Å²) in [6, 6.07) is 5.29. The van der Waals surface area contributed by atoms with E-state index in [1.54, 1.807) is 24.5 Å². The van der Waals surface area contributed by atoms with Crippen LogP contribution in [0.5, 0.6) is 0 Å². The topological polar surface area (TPSA) is 154 Å². The van der Waals surface area contributed by atoms with Crippen LogP contribution in [0.4, 0.5) is 11.9 Å². The van der Waals surface area contributed by atoms with E-state index >= 15 is 0 Å². The molecule has 2 aliphatic rings. The lowest BCUT2D eigenvalue weighted by atomic mass is 9.91. The Kier molecular flexibility index (Phi) is 6.20. The highest BCUT2D eigenvalue weighted by Gasteiger charge is 2.29. The molecule has 0 aliphatic carbocycles. The SMILES string of the molecule is COC(=O)c1cc(C2CCN(C[C@@H]3CCCN(c4nc(N)n5nc(-c6ccco6)nc5n4)C3)CC2)no1. The summed E-state index contributed by atoms with van der Waals surface area (Å²) < 4.78 is 16.7.